The van der Waals surface area contributed by atoms with Gasteiger partial charge in [0.05, 0.1) is 16.5 Å². The average Bonchev–Trinajstić information content (AvgIpc) is 2.90. The summed E-state index contributed by atoms with van der Waals surface area (Å²) in [6, 6.07) is 4.56. The van der Waals surface area contributed by atoms with Gasteiger partial charge in [0.25, 0.3) is 0 Å². The minimum absolute atomic E-state index is 0.00163. The monoisotopic (exact) mass is 346 g/mol. The molecule has 1 aliphatic heterocycles. The van der Waals surface area contributed by atoms with Gasteiger partial charge in [-0.05, 0) is 24.6 Å². The second-order valence-corrected chi connectivity index (χ2v) is 6.38. The Kier molecular flexibility index (Phi) is 5.90. The van der Waals surface area contributed by atoms with Crippen LogP contribution in [0.25, 0.3) is 0 Å². The van der Waals surface area contributed by atoms with Crippen molar-refractivity contribution in [1.82, 2.24) is 5.32 Å². The highest BCUT2D eigenvalue weighted by atomic mass is 35.5. The Morgan fingerprint density at radius 1 is 1.45 bits per heavy atom. The number of rotatable bonds is 6. The van der Waals surface area contributed by atoms with Gasteiger partial charge in [0.1, 0.15) is 5.82 Å². The summed E-state index contributed by atoms with van der Waals surface area (Å²) >= 11 is 6.84. The van der Waals surface area contributed by atoms with Gasteiger partial charge >= 0.3 is 5.97 Å². The molecule has 1 atom stereocenters. The summed E-state index contributed by atoms with van der Waals surface area (Å²) in [5.41, 5.74) is 0.823. The fourth-order valence-electron chi connectivity index (χ4n) is 2.29. The summed E-state index contributed by atoms with van der Waals surface area (Å²) in [4.78, 5) is 24.1. The van der Waals surface area contributed by atoms with Crippen molar-refractivity contribution in [3.63, 3.8) is 0 Å². The molecule has 2 N–H and O–H groups in total. The van der Waals surface area contributed by atoms with Crippen LogP contribution in [0.1, 0.15) is 6.42 Å². The number of nitrogens with one attached hydrogen (secondary N) is 1. The third-order valence-corrected chi connectivity index (χ3v) is 4.49. The molecular weight excluding hydrogens is 331 g/mol. The van der Waals surface area contributed by atoms with E-state index in [1.807, 2.05) is 4.90 Å². The quantitative estimate of drug-likeness (QED) is 0.824. The number of carbonyl (C=O) groups excluding carboxylic acids is 1. The van der Waals surface area contributed by atoms with E-state index in [0.29, 0.717) is 6.54 Å². The van der Waals surface area contributed by atoms with Gasteiger partial charge < -0.3 is 15.3 Å². The molecule has 0 spiro atoms. The Morgan fingerprint density at radius 3 is 2.91 bits per heavy atom. The predicted molar refractivity (Wildman–Crippen MR) is 85.1 cm³/mol. The number of hydrogen-bond donors (Lipinski definition) is 2. The van der Waals surface area contributed by atoms with Crippen molar-refractivity contribution in [2.75, 3.05) is 29.5 Å². The van der Waals surface area contributed by atoms with Crippen LogP contribution in [0.4, 0.5) is 10.1 Å². The second-order valence-electron chi connectivity index (χ2n) is 4.98. The summed E-state index contributed by atoms with van der Waals surface area (Å²) in [7, 11) is 0. The first kappa shape index (κ1) is 16.9. The maximum Gasteiger partial charge on any atom is 0.313 e. The average molecular weight is 347 g/mol. The molecule has 5 nitrogen and oxygen atoms in total. The molecule has 1 aliphatic rings. The third kappa shape index (κ3) is 4.78. The van der Waals surface area contributed by atoms with Crippen LogP contribution in [-0.2, 0) is 9.59 Å². The van der Waals surface area contributed by atoms with Gasteiger partial charge in [-0.2, -0.15) is 0 Å². The Balaban J connectivity index is 1.81. The van der Waals surface area contributed by atoms with Gasteiger partial charge in [-0.1, -0.05) is 11.6 Å². The third-order valence-electron chi connectivity index (χ3n) is 3.28. The SMILES string of the molecule is O=C(O)CSCC(=O)NC1CCN(c2ccc(F)c(Cl)c2)C1. The van der Waals surface area contributed by atoms with Crippen molar-refractivity contribution in [2.45, 2.75) is 12.5 Å². The number of benzene rings is 1. The molecule has 2 rings (SSSR count). The molecule has 1 fully saturated rings. The molecule has 1 saturated heterocycles. The van der Waals surface area contributed by atoms with Crippen LogP contribution in [0.15, 0.2) is 18.2 Å². The molecule has 0 aromatic heterocycles. The number of nitrogens with zero attached hydrogens (tertiary/aromatic N) is 1. The molecule has 1 aromatic carbocycles. The van der Waals surface area contributed by atoms with Crippen molar-refractivity contribution in [3.05, 3.63) is 29.0 Å². The smallest absolute Gasteiger partial charge is 0.313 e. The van der Waals surface area contributed by atoms with Crippen molar-refractivity contribution in [1.29, 1.82) is 0 Å². The van der Waals surface area contributed by atoms with E-state index in [4.69, 9.17) is 16.7 Å². The summed E-state index contributed by atoms with van der Waals surface area (Å²) in [5, 5.41) is 11.5. The standard InChI is InChI=1S/C14H16ClFN2O3S/c15-11-5-10(1-2-12(11)16)18-4-3-9(6-18)17-13(19)7-22-8-14(20)21/h1-2,5,9H,3-4,6-8H2,(H,17,19)(H,20,21). The molecule has 1 aromatic rings. The van der Waals surface area contributed by atoms with Crippen LogP contribution in [-0.4, -0.2) is 47.6 Å². The minimum Gasteiger partial charge on any atom is -0.481 e. The zero-order valence-electron chi connectivity index (χ0n) is 11.7. The van der Waals surface area contributed by atoms with Crippen LogP contribution in [0.5, 0.6) is 0 Å². The molecule has 8 heteroatoms. The van der Waals surface area contributed by atoms with E-state index in [9.17, 15) is 14.0 Å². The number of thioether (sulfide) groups is 1. The molecule has 22 heavy (non-hydrogen) atoms. The summed E-state index contributed by atoms with van der Waals surface area (Å²) in [6.45, 7) is 1.37. The molecule has 0 saturated carbocycles. The highest BCUT2D eigenvalue weighted by Crippen LogP contribution is 2.25. The van der Waals surface area contributed by atoms with Crippen molar-refractivity contribution in [2.24, 2.45) is 0 Å². The first-order valence-electron chi connectivity index (χ1n) is 6.74. The number of hydrogen-bond acceptors (Lipinski definition) is 4. The van der Waals surface area contributed by atoms with E-state index in [1.54, 1.807) is 12.1 Å². The highest BCUT2D eigenvalue weighted by Gasteiger charge is 2.24. The van der Waals surface area contributed by atoms with E-state index in [0.717, 1.165) is 30.4 Å². The maximum absolute atomic E-state index is 13.2. The Morgan fingerprint density at radius 2 is 2.23 bits per heavy atom. The molecule has 120 valence electrons. The summed E-state index contributed by atoms with van der Waals surface area (Å²) in [6.07, 6.45) is 0.782. The summed E-state index contributed by atoms with van der Waals surface area (Å²) in [5.74, 6) is -1.51. The molecular formula is C14H16ClFN2O3S. The van der Waals surface area contributed by atoms with E-state index >= 15 is 0 Å². The fourth-order valence-corrected chi connectivity index (χ4v) is 3.01. The first-order chi connectivity index (χ1) is 10.5. The largest absolute Gasteiger partial charge is 0.481 e. The van der Waals surface area contributed by atoms with Crippen LogP contribution in [0.3, 0.4) is 0 Å². The topological polar surface area (TPSA) is 69.6 Å². The van der Waals surface area contributed by atoms with Crippen molar-refractivity contribution in [3.8, 4) is 0 Å². The lowest BCUT2D eigenvalue weighted by Gasteiger charge is -2.19. The van der Waals surface area contributed by atoms with Gasteiger partial charge in [0.2, 0.25) is 5.91 Å². The van der Waals surface area contributed by atoms with E-state index < -0.39 is 11.8 Å². The van der Waals surface area contributed by atoms with Crippen LogP contribution >= 0.6 is 23.4 Å². The number of aliphatic carboxylic acids is 1. The molecule has 1 heterocycles. The zero-order valence-corrected chi connectivity index (χ0v) is 13.3. The Labute approximate surface area is 136 Å². The Hall–Kier alpha value is -1.47. The minimum atomic E-state index is -0.932. The fraction of sp³-hybridized carbons (Fsp3) is 0.429. The number of carboxylic acid groups (broad SMARTS) is 1. The molecule has 1 unspecified atom stereocenters. The lowest BCUT2D eigenvalue weighted by atomic mass is 10.2. The van der Waals surface area contributed by atoms with Gasteiger partial charge in [-0.15, -0.1) is 11.8 Å². The van der Waals surface area contributed by atoms with E-state index in [2.05, 4.69) is 5.32 Å². The molecule has 1 amide bonds. The van der Waals surface area contributed by atoms with E-state index in [1.165, 1.54) is 6.07 Å². The normalized spacial score (nSPS) is 17.5. The number of carboxylic acids is 1. The second kappa shape index (κ2) is 7.69. The number of anilines is 1. The van der Waals surface area contributed by atoms with Crippen LogP contribution in [0.2, 0.25) is 5.02 Å². The predicted octanol–water partition coefficient (Wildman–Crippen LogP) is 1.99. The van der Waals surface area contributed by atoms with Crippen molar-refractivity contribution < 1.29 is 19.1 Å². The zero-order chi connectivity index (χ0) is 16.1. The van der Waals surface area contributed by atoms with Crippen molar-refractivity contribution >= 4 is 40.9 Å². The number of halogens is 2. The molecule has 0 bridgehead atoms. The Bertz CT molecular complexity index is 573. The first-order valence-corrected chi connectivity index (χ1v) is 8.28. The lowest BCUT2D eigenvalue weighted by Crippen LogP contribution is -2.38. The highest BCUT2D eigenvalue weighted by molar-refractivity contribution is 8.00. The lowest BCUT2D eigenvalue weighted by molar-refractivity contribution is -0.133. The maximum atomic E-state index is 13.2. The van der Waals surface area contributed by atoms with E-state index in [-0.39, 0.29) is 28.5 Å². The molecule has 0 radical (unpaired) electrons. The number of carbonyl (C=O) groups is 2. The van der Waals surface area contributed by atoms with Gasteiger partial charge in [0, 0.05) is 24.8 Å². The van der Waals surface area contributed by atoms with Gasteiger partial charge in [-0.25, -0.2) is 4.39 Å². The van der Waals surface area contributed by atoms with Crippen LogP contribution < -0.4 is 10.2 Å². The van der Waals surface area contributed by atoms with Gasteiger partial charge in [0.15, 0.2) is 0 Å². The number of amides is 1. The van der Waals surface area contributed by atoms with Crippen LogP contribution in [0, 0.1) is 5.82 Å². The van der Waals surface area contributed by atoms with Gasteiger partial charge in [-0.3, -0.25) is 9.59 Å². The molecule has 0 aliphatic carbocycles. The summed E-state index contributed by atoms with van der Waals surface area (Å²) < 4.78 is 13.2.